The predicted octanol–water partition coefficient (Wildman–Crippen LogP) is 10.6. The van der Waals surface area contributed by atoms with Crippen molar-refractivity contribution >= 4 is 86.9 Å². The maximum atomic E-state index is 14.2. The number of pyridine rings is 4. The first-order chi connectivity index (χ1) is 40.8. The van der Waals surface area contributed by atoms with Crippen LogP contribution in [0.25, 0.3) is 61.6 Å². The quantitative estimate of drug-likeness (QED) is 0.0489. The number of ether oxygens (including phenoxy) is 2. The van der Waals surface area contributed by atoms with Gasteiger partial charge in [0.05, 0.1) is 29.9 Å². The van der Waals surface area contributed by atoms with Crippen LogP contribution in [-0.2, 0) is 6.61 Å². The van der Waals surface area contributed by atoms with Gasteiger partial charge in [-0.05, 0) is 150 Å². The number of aryl methyl sites for hydroxylation is 1. The number of anilines is 9. The zero-order valence-electron chi connectivity index (χ0n) is 44.5. The van der Waals surface area contributed by atoms with Crippen LogP contribution in [0.1, 0.15) is 11.1 Å². The van der Waals surface area contributed by atoms with Crippen molar-refractivity contribution in [3.63, 3.8) is 0 Å². The van der Waals surface area contributed by atoms with Gasteiger partial charge < -0.3 is 53.3 Å². The monoisotopic (exact) mass is 1120 g/mol. The number of amides is 6. The summed E-state index contributed by atoms with van der Waals surface area (Å²) in [6, 6.07) is 44.3. The molecular formula is C59H48FN19O5. The number of halogens is 1. The van der Waals surface area contributed by atoms with Crippen molar-refractivity contribution in [1.29, 1.82) is 0 Å². The van der Waals surface area contributed by atoms with E-state index >= 15 is 0 Å². The molecule has 0 aliphatic rings. The smallest absolute Gasteiger partial charge is 0.324 e. The van der Waals surface area contributed by atoms with Crippen LogP contribution in [0, 0.1) is 12.7 Å². The summed E-state index contributed by atoms with van der Waals surface area (Å²) in [5.74, 6) is 1.28. The summed E-state index contributed by atoms with van der Waals surface area (Å²) in [6.45, 7) is 1.93. The minimum atomic E-state index is -0.654. The highest BCUT2D eigenvalue weighted by atomic mass is 19.1. The van der Waals surface area contributed by atoms with Gasteiger partial charge in [0.1, 0.15) is 35.3 Å². The van der Waals surface area contributed by atoms with E-state index in [1.54, 1.807) is 105 Å². The number of aromatic nitrogens is 10. The van der Waals surface area contributed by atoms with Gasteiger partial charge >= 0.3 is 18.1 Å². The van der Waals surface area contributed by atoms with Crippen molar-refractivity contribution in [2.75, 3.05) is 56.2 Å². The lowest BCUT2D eigenvalue weighted by molar-refractivity contribution is 0.261. The maximum absolute atomic E-state index is 14.2. The number of carbonyl (C=O) groups is 3. The molecule has 0 spiro atoms. The molecule has 25 heteroatoms. The Kier molecular flexibility index (Phi) is 13.9. The molecule has 0 fully saturated rings. The number of nitrogens with one attached hydrogen (secondary N) is 6. The first-order valence-electron chi connectivity index (χ1n) is 25.8. The summed E-state index contributed by atoms with van der Waals surface area (Å²) in [7, 11) is 1.52. The van der Waals surface area contributed by atoms with Crippen LogP contribution >= 0.6 is 0 Å². The van der Waals surface area contributed by atoms with Gasteiger partial charge in [0.15, 0.2) is 17.1 Å². The Hall–Kier alpha value is -12.2. The fourth-order valence-electron chi connectivity index (χ4n) is 9.45. The van der Waals surface area contributed by atoms with E-state index in [-0.39, 0.29) is 35.8 Å². The largest absolute Gasteiger partial charge is 0.495 e. The molecule has 84 heavy (non-hydrogen) atoms. The Morgan fingerprint density at radius 2 is 1.18 bits per heavy atom. The molecule has 0 saturated heterocycles. The van der Waals surface area contributed by atoms with Gasteiger partial charge in [0.2, 0.25) is 11.9 Å². The topological polar surface area (TPSA) is 323 Å². The Morgan fingerprint density at radius 1 is 0.560 bits per heavy atom. The minimum Gasteiger partial charge on any atom is -0.495 e. The third-order valence-electron chi connectivity index (χ3n) is 13.4. The molecule has 12 aromatic rings. The second-order valence-corrected chi connectivity index (χ2v) is 19.1. The Morgan fingerprint density at radius 3 is 1.87 bits per heavy atom. The van der Waals surface area contributed by atoms with Crippen molar-refractivity contribution in [2.45, 2.75) is 13.5 Å². The first kappa shape index (κ1) is 52.5. The zero-order chi connectivity index (χ0) is 58.0. The van der Waals surface area contributed by atoms with Crippen LogP contribution in [-0.4, -0.2) is 74.2 Å². The first-order valence-corrected chi connectivity index (χ1v) is 25.8. The SMILES string of the molecule is COc1cc(-c2cc(-c3ccc(NC(=O)Nc4ccc(OCc5cc(-c6ccc(NC(=O)Nc7cc(C)ccc7F)nc6)c6c(N)nnn6c5)cc4)cc3)n3c(N)nnc3c2)ccc1NC(=O)Nc1ccc(-c2cccc3nnc(N)n23)cc1. The van der Waals surface area contributed by atoms with Crippen LogP contribution in [0.4, 0.5) is 70.7 Å². The van der Waals surface area contributed by atoms with Gasteiger partial charge in [-0.3, -0.25) is 14.1 Å². The van der Waals surface area contributed by atoms with Crippen LogP contribution in [0.2, 0.25) is 0 Å². The number of methoxy groups -OCH3 is 1. The standard InChI is InChI=1S/C59H48FN19O5/c1-32-6-21-44(60)46(24-32)69-59(82)70-50-23-12-37(29-64-50)43-25-33(30-77-53(43)54(61)73-76-77)31-84-42-19-17-41(18-20-42)66-57(80)65-39-15-9-35(10-16-39)48-26-38(28-52-72-75-56(63)79(48)52)36-11-22-45(49(27-36)83-2)68-58(81)67-40-13-7-34(8-14-40)47-4-3-5-51-71-74-55(62)78(47)51/h3-30H,31,61H2,1-2H3,(H2,62,74)(H2,63,75)(H2,65,66,80)(H2,67,68,81)(H2,64,69,70,82). The number of nitrogen functional groups attached to an aromatic ring is 3. The lowest BCUT2D eigenvalue weighted by atomic mass is 10.0. The highest BCUT2D eigenvalue weighted by Gasteiger charge is 2.19. The summed E-state index contributed by atoms with van der Waals surface area (Å²) < 4.78 is 31.1. The molecule has 0 saturated carbocycles. The third-order valence-corrected chi connectivity index (χ3v) is 13.4. The molecule has 416 valence electrons. The van der Waals surface area contributed by atoms with E-state index in [0.717, 1.165) is 39.1 Å². The molecule has 5 aromatic carbocycles. The van der Waals surface area contributed by atoms with E-state index in [1.165, 1.54) is 19.2 Å². The highest BCUT2D eigenvalue weighted by Crippen LogP contribution is 2.36. The van der Waals surface area contributed by atoms with Gasteiger partial charge in [0, 0.05) is 46.1 Å². The number of carbonyl (C=O) groups excluding carboxylic acids is 3. The fourth-order valence-corrected chi connectivity index (χ4v) is 9.45. The fraction of sp³-hybridized carbons (Fsp3) is 0.0508. The second kappa shape index (κ2) is 22.2. The molecule has 0 atom stereocenters. The van der Waals surface area contributed by atoms with Crippen molar-refractivity contribution in [3.8, 4) is 56.3 Å². The van der Waals surface area contributed by atoms with E-state index in [1.807, 2.05) is 72.8 Å². The van der Waals surface area contributed by atoms with Gasteiger partial charge in [-0.2, -0.15) is 0 Å². The number of benzene rings is 5. The number of hydrogen-bond acceptors (Lipinski definition) is 15. The molecular weight excluding hydrogens is 1070 g/mol. The number of rotatable bonds is 14. The molecule has 7 heterocycles. The highest BCUT2D eigenvalue weighted by molar-refractivity contribution is 6.02. The average Bonchev–Trinajstić information content (AvgIpc) is 3.51. The van der Waals surface area contributed by atoms with Crippen molar-refractivity contribution in [3.05, 3.63) is 187 Å². The van der Waals surface area contributed by atoms with Crippen molar-refractivity contribution < 1.29 is 28.2 Å². The number of nitrogens with two attached hydrogens (primary N) is 3. The van der Waals surface area contributed by atoms with E-state index < -0.39 is 23.9 Å². The second-order valence-electron chi connectivity index (χ2n) is 19.1. The molecule has 0 radical (unpaired) electrons. The van der Waals surface area contributed by atoms with Gasteiger partial charge in [-0.15, -0.1) is 25.5 Å². The van der Waals surface area contributed by atoms with Crippen molar-refractivity contribution in [1.82, 2.24) is 49.0 Å². The minimum absolute atomic E-state index is 0.0463. The number of hydrogen-bond donors (Lipinski definition) is 9. The lowest BCUT2D eigenvalue weighted by Gasteiger charge is -2.15. The molecule has 0 aliphatic carbocycles. The third kappa shape index (κ3) is 11.0. The number of nitrogens with zero attached hydrogens (tertiary/aromatic N) is 10. The van der Waals surface area contributed by atoms with Crippen LogP contribution in [0.3, 0.4) is 0 Å². The Bertz CT molecular complexity index is 4490. The Labute approximate surface area is 475 Å². The van der Waals surface area contributed by atoms with E-state index in [4.69, 9.17) is 26.7 Å². The van der Waals surface area contributed by atoms with E-state index in [0.29, 0.717) is 67.9 Å². The molecule has 12 rings (SSSR count). The number of urea groups is 3. The summed E-state index contributed by atoms with van der Waals surface area (Å²) >= 11 is 0. The van der Waals surface area contributed by atoms with Crippen LogP contribution in [0.5, 0.6) is 11.5 Å². The van der Waals surface area contributed by atoms with Gasteiger partial charge in [0.25, 0.3) is 0 Å². The molecule has 0 unspecified atom stereocenters. The van der Waals surface area contributed by atoms with Crippen LogP contribution < -0.4 is 58.6 Å². The Balaban J connectivity index is 0.664. The van der Waals surface area contributed by atoms with Gasteiger partial charge in [-0.1, -0.05) is 47.7 Å². The van der Waals surface area contributed by atoms with E-state index in [2.05, 4.69) is 67.6 Å². The summed E-state index contributed by atoms with van der Waals surface area (Å²) in [4.78, 5) is 43.5. The summed E-state index contributed by atoms with van der Waals surface area (Å²) in [5, 5.41) is 41.3. The van der Waals surface area contributed by atoms with Crippen molar-refractivity contribution in [2.24, 2.45) is 0 Å². The summed E-state index contributed by atoms with van der Waals surface area (Å²) in [6.07, 6.45) is 3.32. The predicted molar refractivity (Wildman–Crippen MR) is 318 cm³/mol. The van der Waals surface area contributed by atoms with E-state index in [9.17, 15) is 18.8 Å². The molecule has 0 aliphatic heterocycles. The normalized spacial score (nSPS) is 11.1. The molecule has 24 nitrogen and oxygen atoms in total. The maximum Gasteiger partial charge on any atom is 0.324 e. The number of fused-ring (bicyclic) bond motifs is 3. The molecule has 6 amide bonds. The van der Waals surface area contributed by atoms with Crippen LogP contribution in [0.15, 0.2) is 170 Å². The summed E-state index contributed by atoms with van der Waals surface area (Å²) in [5.41, 5.74) is 29.9. The lowest BCUT2D eigenvalue weighted by Crippen LogP contribution is -2.20. The molecule has 7 aromatic heterocycles. The average molecular weight is 1120 g/mol. The molecule has 12 N–H and O–H groups in total. The zero-order valence-corrected chi connectivity index (χ0v) is 44.5. The molecule has 0 bridgehead atoms. The van der Waals surface area contributed by atoms with Gasteiger partial charge in [-0.25, -0.2) is 28.3 Å².